The maximum absolute atomic E-state index is 8.52. The molecule has 19 aromatic rings. The van der Waals surface area contributed by atoms with Crippen LogP contribution < -0.4 is 78.7 Å². The molecule has 3 aromatic heterocycles. The average molecular weight is 1960 g/mol. The van der Waals surface area contributed by atoms with Crippen LogP contribution in [0.25, 0.3) is 82.5 Å². The molecular weight excluding hydrogens is 1820 g/mol. The number of anilines is 11. The highest BCUT2D eigenvalue weighted by molar-refractivity contribution is 7.04. The molecule has 1 N–H and O–H groups in total. The predicted molar refractivity (Wildman–Crippen MR) is 647 cm³/mol. The summed E-state index contributed by atoms with van der Waals surface area (Å²) in [5.74, 6) is 3.33. The molecule has 0 saturated carbocycles. The Morgan fingerprint density at radius 1 is 0.200 bits per heavy atom. The Bertz CT molecular complexity index is 8880. The van der Waals surface area contributed by atoms with Gasteiger partial charge in [0.15, 0.2) is 0 Å². The standard InChI is InChI=1S/C138H142B3N7O2/c1-76-54-78(3)128(79(4)55-76)147-116-74-107-101(139-102-64-89(137(28,29)30)42-52-115(102)143(91-44-34-82(35-45-91)130(7,8)9)118-67-92(66-108(142-107)125(118)139)144-109-46-36-83(131(10,11)12)58-95(109)96-59-84(132(13,14)15)37-47-110(96)144)72-103(116)141-106-73-104-117(75-122(106)150-124-71-94(68-119(147)127(124)141)146-113-50-40-87(135(22,23)24)62-99(113)100-63-88(136(25,26)27)41-51-114(100)146)148(129-80(5)56-77(2)57-81(129)6)120-69-93(70-123-126(120)140(104)105-65-90(138(31,32)33)43-53-121(105)149-123)145-111-48-38-85(133(16,17)18)60-97(111)98-61-86(134(19,20)21)39-49-112(98)145/h34-75,142H,1-33H3. The lowest BCUT2D eigenvalue weighted by Gasteiger charge is -2.45. The van der Waals surface area contributed by atoms with Gasteiger partial charge >= 0.3 is 0 Å². The lowest BCUT2D eigenvalue weighted by Crippen LogP contribution is -2.65. The number of benzene rings is 16. The molecule has 150 heavy (non-hydrogen) atoms. The second-order valence-corrected chi connectivity index (χ2v) is 54.5. The topological polar surface area (TPSA) is 55.0 Å². The van der Waals surface area contributed by atoms with E-state index in [1.54, 1.807) is 0 Å². The lowest BCUT2D eigenvalue weighted by atomic mass is 9.29. The van der Waals surface area contributed by atoms with Crippen molar-refractivity contribution >= 4 is 197 Å². The first-order chi connectivity index (χ1) is 70.5. The fraction of sp³-hybridized carbons (Fsp3) is 0.304. The molecule has 0 saturated heterocycles. The van der Waals surface area contributed by atoms with E-state index in [0.29, 0.717) is 0 Å². The van der Waals surface area contributed by atoms with Crippen LogP contribution >= 0.6 is 0 Å². The smallest absolute Gasteiger partial charge is 0.256 e. The molecule has 750 valence electrons. The van der Waals surface area contributed by atoms with E-state index < -0.39 is 6.71 Å². The van der Waals surface area contributed by atoms with Crippen LogP contribution in [0.15, 0.2) is 255 Å². The third-order valence-corrected chi connectivity index (χ3v) is 34.3. The third-order valence-electron chi connectivity index (χ3n) is 34.3. The van der Waals surface area contributed by atoms with Crippen LogP contribution in [-0.4, -0.2) is 33.8 Å². The van der Waals surface area contributed by atoms with Crippen molar-refractivity contribution < 1.29 is 9.47 Å². The summed E-state index contributed by atoms with van der Waals surface area (Å²) in [6, 6.07) is 103. The zero-order chi connectivity index (χ0) is 106. The Balaban J connectivity index is 0.808. The summed E-state index contributed by atoms with van der Waals surface area (Å²) in [7, 11) is 0. The van der Waals surface area contributed by atoms with Crippen molar-refractivity contribution in [2.75, 3.05) is 20.0 Å². The van der Waals surface area contributed by atoms with Gasteiger partial charge in [-0.05, 0) is 339 Å². The number of hydrogen-bond acceptors (Lipinski definition) is 6. The molecule has 12 heteroatoms. The quantitative estimate of drug-likeness (QED) is 0.167. The highest BCUT2D eigenvalue weighted by atomic mass is 16.5. The van der Waals surface area contributed by atoms with Gasteiger partial charge in [-0.1, -0.05) is 307 Å². The molecule has 0 spiro atoms. The first-order valence-corrected chi connectivity index (χ1v) is 54.7. The van der Waals surface area contributed by atoms with Gasteiger partial charge < -0.3 is 43.2 Å². The average Bonchev–Trinajstić information content (AvgIpc) is 0.729. The van der Waals surface area contributed by atoms with Gasteiger partial charge in [-0.15, -0.1) is 0 Å². The predicted octanol–water partition coefficient (Wildman–Crippen LogP) is 31.7. The highest BCUT2D eigenvalue weighted by Gasteiger charge is 2.52. The number of hydrogen-bond donors (Lipinski definition) is 1. The van der Waals surface area contributed by atoms with Gasteiger partial charge in [-0.3, -0.25) is 0 Å². The number of nitrogens with zero attached hydrogens (tertiary/aromatic N) is 6. The van der Waals surface area contributed by atoms with Crippen LogP contribution in [0, 0.1) is 41.5 Å². The first kappa shape index (κ1) is 96.7. The van der Waals surface area contributed by atoms with Gasteiger partial charge in [0.05, 0.1) is 61.5 Å². The second-order valence-electron chi connectivity index (χ2n) is 54.5. The summed E-state index contributed by atoms with van der Waals surface area (Å²) in [5.41, 5.74) is 50.5. The molecule has 0 radical (unpaired) electrons. The van der Waals surface area contributed by atoms with Gasteiger partial charge in [0.2, 0.25) is 0 Å². The van der Waals surface area contributed by atoms with Crippen molar-refractivity contribution in [1.29, 1.82) is 0 Å². The Labute approximate surface area is 889 Å². The molecular formula is C138H142B3N7O2. The zero-order valence-electron chi connectivity index (χ0n) is 94.5. The monoisotopic (exact) mass is 1960 g/mol. The summed E-state index contributed by atoms with van der Waals surface area (Å²) < 4.78 is 24.1. The normalized spacial score (nSPS) is 14.4. The molecule has 0 unspecified atom stereocenters. The van der Waals surface area contributed by atoms with Crippen molar-refractivity contribution in [1.82, 2.24) is 13.7 Å². The van der Waals surface area contributed by atoms with E-state index in [-0.39, 0.29) is 62.2 Å². The van der Waals surface area contributed by atoms with Crippen molar-refractivity contribution in [3.63, 3.8) is 0 Å². The van der Waals surface area contributed by atoms with Crippen LogP contribution in [0.4, 0.5) is 62.6 Å². The van der Waals surface area contributed by atoms with Crippen LogP contribution in [0.1, 0.15) is 270 Å². The van der Waals surface area contributed by atoms with Gasteiger partial charge in [0.25, 0.3) is 20.1 Å². The summed E-state index contributed by atoms with van der Waals surface area (Å²) in [6.45, 7) is 76.2. The largest absolute Gasteiger partial charge is 0.458 e. The fourth-order valence-electron chi connectivity index (χ4n) is 26.3. The van der Waals surface area contributed by atoms with Crippen molar-refractivity contribution in [3.05, 3.63) is 338 Å². The van der Waals surface area contributed by atoms with Crippen molar-refractivity contribution in [3.8, 4) is 40.1 Å². The molecule has 0 bridgehead atoms. The Morgan fingerprint density at radius 2 is 0.487 bits per heavy atom. The number of aryl methyl sites for hydroxylation is 6. The van der Waals surface area contributed by atoms with Gasteiger partial charge in [0, 0.05) is 102 Å². The number of rotatable bonds is 6. The molecule has 0 amide bonds. The summed E-state index contributed by atoms with van der Waals surface area (Å²) >= 11 is 0. The molecule has 16 aromatic carbocycles. The van der Waals surface area contributed by atoms with Crippen LogP contribution in [0.5, 0.6) is 23.0 Å². The minimum Gasteiger partial charge on any atom is -0.458 e. The minimum atomic E-state index is -0.423. The van der Waals surface area contributed by atoms with Crippen molar-refractivity contribution in [2.45, 2.75) is 277 Å². The summed E-state index contributed by atoms with van der Waals surface area (Å²) in [6.07, 6.45) is 0. The molecule has 9 nitrogen and oxygen atoms in total. The van der Waals surface area contributed by atoms with Crippen molar-refractivity contribution in [2.24, 2.45) is 0 Å². The van der Waals surface area contributed by atoms with Gasteiger partial charge in [-0.2, -0.15) is 0 Å². The summed E-state index contributed by atoms with van der Waals surface area (Å²) in [5, 5.41) is 12.0. The van der Waals surface area contributed by atoms with Gasteiger partial charge in [0.1, 0.15) is 23.0 Å². The second kappa shape index (κ2) is 32.2. The Morgan fingerprint density at radius 3 is 0.853 bits per heavy atom. The molecule has 6 aliphatic rings. The van der Waals surface area contributed by atoms with Crippen LogP contribution in [-0.2, 0) is 48.7 Å². The number of ether oxygens (including phenoxy) is 2. The van der Waals surface area contributed by atoms with E-state index in [2.05, 4.69) is 517 Å². The highest BCUT2D eigenvalue weighted by Crippen LogP contribution is 2.55. The number of nitrogens with one attached hydrogen (secondary N) is 1. The molecule has 0 aliphatic carbocycles. The lowest BCUT2D eigenvalue weighted by molar-refractivity contribution is 0.486. The Kier molecular flexibility index (Phi) is 20.8. The van der Waals surface area contributed by atoms with Crippen LogP contribution in [0.3, 0.4) is 0 Å². The molecule has 0 fully saturated rings. The SMILES string of the molecule is Cc1cc(C)c(N2c3cc4c(cc3B3c5cc6c(cc5Oc5cc(-n7c8ccc(C(C)(C)C)cc8c8cc(C(C)(C)C)ccc87)cc2c53)N(c2c(C)cc(C)cc2C)c2cc(-n3c5ccc(C(C)(C)C)cc5c5cc(C(C)(C)C)ccc53)cc3c2B6c2cc(C(C)(C)C)ccc2O3)B2c3cc(C(C)(C)C)ccc3N(c3ccc(C(C)(C)C)cc3)c3cc(-n5c6ccc(C(C)(C)C)cc6c6cc(C(C)(C)C)ccc65)cc(c32)N4)c(C)c1. The van der Waals surface area contributed by atoms with Gasteiger partial charge in [-0.25, -0.2) is 0 Å². The zero-order valence-corrected chi connectivity index (χ0v) is 94.5. The summed E-state index contributed by atoms with van der Waals surface area (Å²) in [4.78, 5) is 7.95. The maximum Gasteiger partial charge on any atom is 0.256 e. The van der Waals surface area contributed by atoms with Crippen LogP contribution in [0.2, 0.25) is 0 Å². The number of aromatic nitrogens is 3. The Hall–Kier alpha value is -14.1. The van der Waals surface area contributed by atoms with E-state index in [9.17, 15) is 0 Å². The van der Waals surface area contributed by atoms with E-state index in [4.69, 9.17) is 9.47 Å². The first-order valence-electron chi connectivity index (χ1n) is 54.7. The molecule has 6 aliphatic heterocycles. The van der Waals surface area contributed by atoms with E-state index in [1.165, 1.54) is 154 Å². The maximum atomic E-state index is 8.52. The molecule has 0 atom stereocenters. The van der Waals surface area contributed by atoms with E-state index >= 15 is 0 Å². The number of fused-ring (bicyclic) bond motifs is 21. The molecule has 9 heterocycles. The van der Waals surface area contributed by atoms with E-state index in [1.807, 2.05) is 0 Å². The minimum absolute atomic E-state index is 0.0790. The van der Waals surface area contributed by atoms with E-state index in [0.717, 1.165) is 147 Å². The third kappa shape index (κ3) is 14.9. The fourth-order valence-corrected chi connectivity index (χ4v) is 26.3. The molecule has 25 rings (SSSR count).